The minimum absolute atomic E-state index is 0.278. The third kappa shape index (κ3) is 1.99. The van der Waals surface area contributed by atoms with E-state index in [9.17, 15) is 0 Å². The van der Waals surface area contributed by atoms with Gasteiger partial charge in [0.05, 0.1) is 27.4 Å². The molecule has 1 fully saturated rings. The Bertz CT molecular complexity index is 370. The zero-order valence-electron chi connectivity index (χ0n) is 9.78. The van der Waals surface area contributed by atoms with Gasteiger partial charge in [0.25, 0.3) is 0 Å². The Morgan fingerprint density at radius 3 is 2.19 bits per heavy atom. The zero-order chi connectivity index (χ0) is 11.5. The third-order valence-corrected chi connectivity index (χ3v) is 2.65. The van der Waals surface area contributed by atoms with Crippen molar-refractivity contribution in [3.63, 3.8) is 0 Å². The molecule has 1 aliphatic rings. The van der Waals surface area contributed by atoms with Crippen LogP contribution in [0.15, 0.2) is 12.1 Å². The van der Waals surface area contributed by atoms with Gasteiger partial charge in [0, 0.05) is 5.56 Å². The first kappa shape index (κ1) is 11.2. The smallest absolute Gasteiger partial charge is 0.184 e. The molecule has 0 aliphatic carbocycles. The SMILES string of the molecule is COc1cc(C)c(C2OCCO2)cc1OC. The molecule has 4 heteroatoms. The lowest BCUT2D eigenvalue weighted by atomic mass is 10.1. The van der Waals surface area contributed by atoms with Crippen molar-refractivity contribution in [2.45, 2.75) is 13.2 Å². The molecule has 0 atom stereocenters. The molecule has 0 spiro atoms. The molecule has 0 N–H and O–H groups in total. The van der Waals surface area contributed by atoms with Crippen LogP contribution in [0.25, 0.3) is 0 Å². The average Bonchev–Trinajstić information content (AvgIpc) is 2.82. The van der Waals surface area contributed by atoms with Gasteiger partial charge in [0.1, 0.15) is 0 Å². The first-order valence-corrected chi connectivity index (χ1v) is 5.22. The Balaban J connectivity index is 2.37. The molecule has 0 radical (unpaired) electrons. The van der Waals surface area contributed by atoms with E-state index >= 15 is 0 Å². The van der Waals surface area contributed by atoms with E-state index in [4.69, 9.17) is 18.9 Å². The van der Waals surface area contributed by atoms with Crippen molar-refractivity contribution in [3.8, 4) is 11.5 Å². The molecule has 88 valence electrons. The van der Waals surface area contributed by atoms with Gasteiger partial charge < -0.3 is 18.9 Å². The molecule has 0 unspecified atom stereocenters. The standard InChI is InChI=1S/C12H16O4/c1-8-6-10(13-2)11(14-3)7-9(8)12-15-4-5-16-12/h6-7,12H,4-5H2,1-3H3. The molecule has 16 heavy (non-hydrogen) atoms. The lowest BCUT2D eigenvalue weighted by Crippen LogP contribution is -2.02. The van der Waals surface area contributed by atoms with Crippen LogP contribution in [0.4, 0.5) is 0 Å². The van der Waals surface area contributed by atoms with Crippen molar-refractivity contribution in [1.29, 1.82) is 0 Å². The van der Waals surface area contributed by atoms with Gasteiger partial charge >= 0.3 is 0 Å². The monoisotopic (exact) mass is 224 g/mol. The van der Waals surface area contributed by atoms with Gasteiger partial charge in [-0.1, -0.05) is 0 Å². The summed E-state index contributed by atoms with van der Waals surface area (Å²) in [6.45, 7) is 3.28. The Morgan fingerprint density at radius 1 is 1.06 bits per heavy atom. The highest BCUT2D eigenvalue weighted by Crippen LogP contribution is 2.35. The molecule has 0 bridgehead atoms. The maximum absolute atomic E-state index is 5.47. The van der Waals surface area contributed by atoms with Crippen LogP contribution in [0.1, 0.15) is 17.4 Å². The summed E-state index contributed by atoms with van der Waals surface area (Å²) in [6, 6.07) is 3.84. The van der Waals surface area contributed by atoms with E-state index in [2.05, 4.69) is 0 Å². The molecule has 1 heterocycles. The number of hydrogen-bond acceptors (Lipinski definition) is 4. The lowest BCUT2D eigenvalue weighted by molar-refractivity contribution is -0.0446. The first-order valence-electron chi connectivity index (χ1n) is 5.22. The Kier molecular flexibility index (Phi) is 3.31. The fraction of sp³-hybridized carbons (Fsp3) is 0.500. The molecule has 0 saturated carbocycles. The number of ether oxygens (including phenoxy) is 4. The van der Waals surface area contributed by atoms with Gasteiger partial charge in [-0.05, 0) is 24.6 Å². The molecule has 1 aromatic carbocycles. The molecular formula is C12H16O4. The van der Waals surface area contributed by atoms with Crippen molar-refractivity contribution >= 4 is 0 Å². The third-order valence-electron chi connectivity index (χ3n) is 2.65. The molecule has 2 rings (SSSR count). The number of benzene rings is 1. The quantitative estimate of drug-likeness (QED) is 0.787. The minimum Gasteiger partial charge on any atom is -0.493 e. The summed E-state index contributed by atoms with van der Waals surface area (Å²) in [5, 5.41) is 0. The molecule has 0 amide bonds. The summed E-state index contributed by atoms with van der Waals surface area (Å²) in [5.41, 5.74) is 2.07. The largest absolute Gasteiger partial charge is 0.493 e. The zero-order valence-corrected chi connectivity index (χ0v) is 9.78. The highest BCUT2D eigenvalue weighted by Gasteiger charge is 2.22. The van der Waals surface area contributed by atoms with Crippen LogP contribution in [-0.4, -0.2) is 27.4 Å². The van der Waals surface area contributed by atoms with E-state index in [1.165, 1.54) is 0 Å². The second-order valence-corrected chi connectivity index (χ2v) is 3.64. The van der Waals surface area contributed by atoms with Crippen molar-refractivity contribution in [2.24, 2.45) is 0 Å². The predicted octanol–water partition coefficient (Wildman–Crippen LogP) is 2.06. The summed E-state index contributed by atoms with van der Waals surface area (Å²) < 4.78 is 21.4. The normalized spacial score (nSPS) is 16.4. The van der Waals surface area contributed by atoms with Gasteiger partial charge in [0.15, 0.2) is 17.8 Å². The number of aryl methyl sites for hydroxylation is 1. The second-order valence-electron chi connectivity index (χ2n) is 3.64. The van der Waals surface area contributed by atoms with Gasteiger partial charge in [-0.3, -0.25) is 0 Å². The van der Waals surface area contributed by atoms with Crippen LogP contribution in [0, 0.1) is 6.92 Å². The summed E-state index contributed by atoms with van der Waals surface area (Å²) in [7, 11) is 3.24. The number of rotatable bonds is 3. The fourth-order valence-corrected chi connectivity index (χ4v) is 1.79. The van der Waals surface area contributed by atoms with E-state index in [1.807, 2.05) is 19.1 Å². The maximum atomic E-state index is 5.47. The fourth-order valence-electron chi connectivity index (χ4n) is 1.79. The Labute approximate surface area is 95.1 Å². The lowest BCUT2D eigenvalue weighted by Gasteiger charge is -2.16. The van der Waals surface area contributed by atoms with E-state index in [0.717, 1.165) is 16.9 Å². The summed E-state index contributed by atoms with van der Waals surface area (Å²) in [6.07, 6.45) is -0.278. The highest BCUT2D eigenvalue weighted by atomic mass is 16.7. The van der Waals surface area contributed by atoms with Crippen molar-refractivity contribution in [3.05, 3.63) is 23.3 Å². The Morgan fingerprint density at radius 2 is 1.62 bits per heavy atom. The van der Waals surface area contributed by atoms with E-state index in [0.29, 0.717) is 19.0 Å². The summed E-state index contributed by atoms with van der Waals surface area (Å²) in [4.78, 5) is 0. The van der Waals surface area contributed by atoms with Gasteiger partial charge in [-0.25, -0.2) is 0 Å². The van der Waals surface area contributed by atoms with Crippen molar-refractivity contribution in [1.82, 2.24) is 0 Å². The molecule has 1 saturated heterocycles. The average molecular weight is 224 g/mol. The molecular weight excluding hydrogens is 208 g/mol. The maximum Gasteiger partial charge on any atom is 0.184 e. The first-order chi connectivity index (χ1) is 7.76. The minimum atomic E-state index is -0.278. The molecule has 1 aromatic rings. The second kappa shape index (κ2) is 4.72. The number of hydrogen-bond donors (Lipinski definition) is 0. The summed E-state index contributed by atoms with van der Waals surface area (Å²) >= 11 is 0. The Hall–Kier alpha value is -1.26. The van der Waals surface area contributed by atoms with Crippen LogP contribution in [-0.2, 0) is 9.47 Å². The van der Waals surface area contributed by atoms with Crippen molar-refractivity contribution in [2.75, 3.05) is 27.4 Å². The predicted molar refractivity (Wildman–Crippen MR) is 58.9 cm³/mol. The molecule has 4 nitrogen and oxygen atoms in total. The van der Waals surface area contributed by atoms with Crippen LogP contribution in [0.5, 0.6) is 11.5 Å². The van der Waals surface area contributed by atoms with E-state index < -0.39 is 0 Å². The van der Waals surface area contributed by atoms with E-state index in [1.54, 1.807) is 14.2 Å². The number of methoxy groups -OCH3 is 2. The van der Waals surface area contributed by atoms with Crippen LogP contribution >= 0.6 is 0 Å². The summed E-state index contributed by atoms with van der Waals surface area (Å²) in [5.74, 6) is 1.42. The van der Waals surface area contributed by atoms with Gasteiger partial charge in [-0.15, -0.1) is 0 Å². The molecule has 1 aliphatic heterocycles. The van der Waals surface area contributed by atoms with Crippen molar-refractivity contribution < 1.29 is 18.9 Å². The topological polar surface area (TPSA) is 36.9 Å². The highest BCUT2D eigenvalue weighted by molar-refractivity contribution is 5.47. The van der Waals surface area contributed by atoms with Crippen LogP contribution in [0.3, 0.4) is 0 Å². The van der Waals surface area contributed by atoms with Gasteiger partial charge in [-0.2, -0.15) is 0 Å². The van der Waals surface area contributed by atoms with Gasteiger partial charge in [0.2, 0.25) is 0 Å². The van der Waals surface area contributed by atoms with Crippen LogP contribution < -0.4 is 9.47 Å². The van der Waals surface area contributed by atoms with Crippen LogP contribution in [0.2, 0.25) is 0 Å². The van der Waals surface area contributed by atoms with E-state index in [-0.39, 0.29) is 6.29 Å². The molecule has 0 aromatic heterocycles.